The van der Waals surface area contributed by atoms with E-state index in [4.69, 9.17) is 16.3 Å². The molecule has 0 N–H and O–H groups in total. The second kappa shape index (κ2) is 9.02. The van der Waals surface area contributed by atoms with Gasteiger partial charge in [0.15, 0.2) is 5.78 Å². The molecule has 6 heteroatoms. The molecule has 0 bridgehead atoms. The second-order valence-corrected chi connectivity index (χ2v) is 7.07. The molecule has 2 aromatic rings. The van der Waals surface area contributed by atoms with Crippen molar-refractivity contribution < 1.29 is 18.7 Å². The summed E-state index contributed by atoms with van der Waals surface area (Å²) in [6.07, 6.45) is 3.93. The number of Topliss-reactive ketones (excluding diaryl/α,β-unsaturated/α-hetero) is 1. The van der Waals surface area contributed by atoms with E-state index in [0.29, 0.717) is 37.2 Å². The number of ether oxygens (including phenoxy) is 1. The van der Waals surface area contributed by atoms with E-state index in [1.807, 2.05) is 0 Å². The van der Waals surface area contributed by atoms with Crippen molar-refractivity contribution in [3.63, 3.8) is 0 Å². The lowest BCUT2D eigenvalue weighted by Gasteiger charge is -2.30. The first-order chi connectivity index (χ1) is 13.5. The van der Waals surface area contributed by atoms with Crippen molar-refractivity contribution in [1.82, 2.24) is 4.90 Å². The largest absolute Gasteiger partial charge is 0.497 e. The van der Waals surface area contributed by atoms with Crippen LogP contribution in [0.25, 0.3) is 6.08 Å². The van der Waals surface area contributed by atoms with Gasteiger partial charge in [0.1, 0.15) is 11.6 Å². The normalized spacial score (nSPS) is 15.0. The van der Waals surface area contributed by atoms with Gasteiger partial charge in [0.2, 0.25) is 5.91 Å². The Bertz CT molecular complexity index is 867. The van der Waals surface area contributed by atoms with Gasteiger partial charge in [-0.15, -0.1) is 0 Å². The molecule has 0 saturated carbocycles. The van der Waals surface area contributed by atoms with Crippen LogP contribution in [0.1, 0.15) is 28.8 Å². The van der Waals surface area contributed by atoms with Crippen molar-refractivity contribution in [2.24, 2.45) is 5.92 Å². The van der Waals surface area contributed by atoms with Gasteiger partial charge in [-0.05, 0) is 55.3 Å². The van der Waals surface area contributed by atoms with Crippen LogP contribution in [0.3, 0.4) is 0 Å². The van der Waals surface area contributed by atoms with Crippen molar-refractivity contribution >= 4 is 29.4 Å². The van der Waals surface area contributed by atoms with Gasteiger partial charge in [-0.3, -0.25) is 9.59 Å². The molecule has 0 radical (unpaired) electrons. The minimum atomic E-state index is -0.472. The third-order valence-electron chi connectivity index (χ3n) is 4.94. The highest BCUT2D eigenvalue weighted by atomic mass is 35.5. The van der Waals surface area contributed by atoms with Crippen LogP contribution in [0.2, 0.25) is 5.02 Å². The van der Waals surface area contributed by atoms with Crippen LogP contribution in [0.5, 0.6) is 5.75 Å². The zero-order chi connectivity index (χ0) is 20.1. The summed E-state index contributed by atoms with van der Waals surface area (Å²) in [5.41, 5.74) is 0.849. The summed E-state index contributed by atoms with van der Waals surface area (Å²) in [5, 5.41) is 0.257. The number of ketones is 1. The number of methoxy groups -OCH3 is 1. The van der Waals surface area contributed by atoms with Crippen LogP contribution >= 0.6 is 11.6 Å². The highest BCUT2D eigenvalue weighted by molar-refractivity contribution is 6.32. The van der Waals surface area contributed by atoms with Crippen molar-refractivity contribution in [3.8, 4) is 5.75 Å². The second-order valence-electron chi connectivity index (χ2n) is 6.66. The molecule has 1 aliphatic heterocycles. The molecule has 28 heavy (non-hydrogen) atoms. The number of hydrogen-bond acceptors (Lipinski definition) is 3. The van der Waals surface area contributed by atoms with Crippen LogP contribution in [0.4, 0.5) is 4.39 Å². The fourth-order valence-corrected chi connectivity index (χ4v) is 3.51. The summed E-state index contributed by atoms with van der Waals surface area (Å²) in [5.74, 6) is -0.000378. The van der Waals surface area contributed by atoms with E-state index in [9.17, 15) is 14.0 Å². The molecule has 1 heterocycles. The van der Waals surface area contributed by atoms with E-state index in [2.05, 4.69) is 0 Å². The van der Waals surface area contributed by atoms with E-state index in [0.717, 1.165) is 0 Å². The molecule has 1 amide bonds. The average molecular weight is 402 g/mol. The van der Waals surface area contributed by atoms with E-state index in [1.54, 1.807) is 42.3 Å². The Morgan fingerprint density at radius 2 is 1.82 bits per heavy atom. The number of rotatable bonds is 5. The Morgan fingerprint density at radius 3 is 2.43 bits per heavy atom. The molecule has 2 aromatic carbocycles. The number of amides is 1. The molecule has 0 spiro atoms. The number of benzene rings is 2. The molecule has 1 aliphatic rings. The smallest absolute Gasteiger partial charge is 0.246 e. The summed E-state index contributed by atoms with van der Waals surface area (Å²) in [6, 6.07) is 11.5. The van der Waals surface area contributed by atoms with Crippen LogP contribution < -0.4 is 4.74 Å². The summed E-state index contributed by atoms with van der Waals surface area (Å²) in [6.45, 7) is 0.974. The van der Waals surface area contributed by atoms with E-state index in [1.165, 1.54) is 24.3 Å². The average Bonchev–Trinajstić information content (AvgIpc) is 2.73. The van der Waals surface area contributed by atoms with Gasteiger partial charge < -0.3 is 9.64 Å². The first kappa shape index (κ1) is 20.1. The minimum Gasteiger partial charge on any atom is -0.497 e. The molecule has 1 fully saturated rings. The maximum Gasteiger partial charge on any atom is 0.246 e. The van der Waals surface area contributed by atoms with Crippen LogP contribution in [0, 0.1) is 11.7 Å². The molecular formula is C22H21ClFNO3. The summed E-state index contributed by atoms with van der Waals surface area (Å²) < 4.78 is 18.9. The Morgan fingerprint density at radius 1 is 1.14 bits per heavy atom. The summed E-state index contributed by atoms with van der Waals surface area (Å²) in [7, 11) is 1.58. The lowest BCUT2D eigenvalue weighted by molar-refractivity contribution is -0.127. The molecular weight excluding hydrogens is 381 g/mol. The third-order valence-corrected chi connectivity index (χ3v) is 5.27. The zero-order valence-electron chi connectivity index (χ0n) is 15.5. The predicted octanol–water partition coefficient (Wildman–Crippen LogP) is 4.62. The number of piperidine rings is 1. The monoisotopic (exact) mass is 401 g/mol. The number of hydrogen-bond donors (Lipinski definition) is 0. The van der Waals surface area contributed by atoms with Crippen LogP contribution in [-0.4, -0.2) is 36.8 Å². The van der Waals surface area contributed by atoms with Gasteiger partial charge in [0.25, 0.3) is 0 Å². The van der Waals surface area contributed by atoms with E-state index in [-0.39, 0.29) is 28.2 Å². The van der Waals surface area contributed by atoms with Crippen molar-refractivity contribution in [3.05, 3.63) is 70.5 Å². The first-order valence-corrected chi connectivity index (χ1v) is 9.46. The molecule has 3 rings (SSSR count). The topological polar surface area (TPSA) is 46.6 Å². The number of carbonyl (C=O) groups is 2. The minimum absolute atomic E-state index is 0.0865. The Labute approximate surface area is 168 Å². The zero-order valence-corrected chi connectivity index (χ0v) is 16.3. The maximum absolute atomic E-state index is 13.8. The summed E-state index contributed by atoms with van der Waals surface area (Å²) >= 11 is 5.97. The van der Waals surface area contributed by atoms with Gasteiger partial charge in [0.05, 0.1) is 12.1 Å². The highest BCUT2D eigenvalue weighted by Crippen LogP contribution is 2.24. The lowest BCUT2D eigenvalue weighted by Crippen LogP contribution is -2.39. The number of carbonyl (C=O) groups excluding carboxylic acids is 2. The van der Waals surface area contributed by atoms with Gasteiger partial charge >= 0.3 is 0 Å². The van der Waals surface area contributed by atoms with E-state index >= 15 is 0 Å². The van der Waals surface area contributed by atoms with Crippen molar-refractivity contribution in [1.29, 1.82) is 0 Å². The SMILES string of the molecule is COc1ccc(C(=O)C2CCN(C(=O)C=Cc3c(F)cccc3Cl)CC2)cc1. The van der Waals surface area contributed by atoms with Gasteiger partial charge in [0, 0.05) is 36.2 Å². The molecule has 0 aromatic heterocycles. The summed E-state index contributed by atoms with van der Waals surface area (Å²) in [4.78, 5) is 26.7. The first-order valence-electron chi connectivity index (χ1n) is 9.09. The number of likely N-dealkylation sites (tertiary alicyclic amines) is 1. The Kier molecular flexibility index (Phi) is 6.47. The fourth-order valence-electron chi connectivity index (χ4n) is 3.28. The van der Waals surface area contributed by atoms with Crippen molar-refractivity contribution in [2.75, 3.05) is 20.2 Å². The Hall–Kier alpha value is -2.66. The van der Waals surface area contributed by atoms with Crippen LogP contribution in [0.15, 0.2) is 48.5 Å². The Balaban J connectivity index is 1.57. The molecule has 146 valence electrons. The molecule has 0 aliphatic carbocycles. The number of halogens is 2. The molecule has 0 atom stereocenters. The molecule has 4 nitrogen and oxygen atoms in total. The fraction of sp³-hybridized carbons (Fsp3) is 0.273. The van der Waals surface area contributed by atoms with Crippen molar-refractivity contribution in [2.45, 2.75) is 12.8 Å². The molecule has 0 unspecified atom stereocenters. The molecule has 1 saturated heterocycles. The third kappa shape index (κ3) is 4.60. The van der Waals surface area contributed by atoms with Gasteiger partial charge in [-0.2, -0.15) is 0 Å². The number of nitrogens with zero attached hydrogens (tertiary/aromatic N) is 1. The quantitative estimate of drug-likeness (QED) is 0.542. The lowest BCUT2D eigenvalue weighted by atomic mass is 9.89. The predicted molar refractivity (Wildman–Crippen MR) is 107 cm³/mol. The van der Waals surface area contributed by atoms with Gasteiger partial charge in [-0.25, -0.2) is 4.39 Å². The van der Waals surface area contributed by atoms with E-state index < -0.39 is 5.82 Å². The van der Waals surface area contributed by atoms with Crippen LogP contribution in [-0.2, 0) is 4.79 Å². The standard InChI is InChI=1S/C22H21ClFNO3/c1-28-17-7-5-15(6-8-17)22(27)16-11-13-25(14-12-16)21(26)10-9-18-19(23)3-2-4-20(18)24/h2-10,16H,11-14H2,1H3. The maximum atomic E-state index is 13.8. The van der Waals surface area contributed by atoms with Gasteiger partial charge in [-0.1, -0.05) is 17.7 Å². The highest BCUT2D eigenvalue weighted by Gasteiger charge is 2.27.